The number of alkyl halides is 3. The molecule has 146 valence electrons. The molecule has 1 aliphatic heterocycles. The van der Waals surface area contributed by atoms with E-state index in [1.54, 1.807) is 42.5 Å². The Kier molecular flexibility index (Phi) is 5.48. The molecule has 1 unspecified atom stereocenters. The largest absolute Gasteiger partial charge is 0.471 e. The van der Waals surface area contributed by atoms with Gasteiger partial charge in [0, 0.05) is 17.7 Å². The lowest BCUT2D eigenvalue weighted by Crippen LogP contribution is -2.48. The normalized spacial score (nSPS) is 16.7. The summed E-state index contributed by atoms with van der Waals surface area (Å²) in [5.74, 6) is -3.10. The summed E-state index contributed by atoms with van der Waals surface area (Å²) in [6.07, 6.45) is -4.61. The Morgan fingerprint density at radius 1 is 0.964 bits per heavy atom. The number of benzene rings is 2. The number of para-hydroxylation sites is 1. The van der Waals surface area contributed by atoms with Crippen molar-refractivity contribution >= 4 is 23.3 Å². The van der Waals surface area contributed by atoms with Gasteiger partial charge in [-0.15, -0.1) is 0 Å². The summed E-state index contributed by atoms with van der Waals surface area (Å²) in [4.78, 5) is 37.4. The van der Waals surface area contributed by atoms with Crippen LogP contribution in [-0.2, 0) is 9.59 Å². The molecule has 1 saturated heterocycles. The number of amides is 2. The molecule has 0 aliphatic carbocycles. The zero-order chi connectivity index (χ0) is 20.3. The Balaban J connectivity index is 1.82. The number of halogens is 3. The van der Waals surface area contributed by atoms with Gasteiger partial charge in [0.1, 0.15) is 6.04 Å². The summed E-state index contributed by atoms with van der Waals surface area (Å²) in [5.41, 5.74) is 0.820. The monoisotopic (exact) mass is 390 g/mol. The number of hydrogen-bond donors (Lipinski definition) is 1. The van der Waals surface area contributed by atoms with Gasteiger partial charge in [-0.2, -0.15) is 13.2 Å². The second kappa shape index (κ2) is 7.84. The fourth-order valence-electron chi connectivity index (χ4n) is 3.20. The molecule has 2 aromatic carbocycles. The van der Waals surface area contributed by atoms with Gasteiger partial charge in [-0.3, -0.25) is 14.4 Å². The molecule has 0 spiro atoms. The van der Waals surface area contributed by atoms with Gasteiger partial charge < -0.3 is 10.2 Å². The highest BCUT2D eigenvalue weighted by atomic mass is 19.4. The molecule has 1 atom stereocenters. The highest BCUT2D eigenvalue weighted by molar-refractivity contribution is 6.14. The summed E-state index contributed by atoms with van der Waals surface area (Å²) < 4.78 is 38.3. The molecule has 1 aliphatic rings. The van der Waals surface area contributed by atoms with Crippen LogP contribution in [0.25, 0.3) is 0 Å². The van der Waals surface area contributed by atoms with Crippen LogP contribution in [0.3, 0.4) is 0 Å². The average molecular weight is 390 g/mol. The molecule has 0 radical (unpaired) electrons. The molecular formula is C20H17F3N2O3. The van der Waals surface area contributed by atoms with Crippen LogP contribution in [0.4, 0.5) is 18.9 Å². The van der Waals surface area contributed by atoms with Crippen LogP contribution in [0.5, 0.6) is 0 Å². The van der Waals surface area contributed by atoms with E-state index in [1.165, 1.54) is 12.1 Å². The van der Waals surface area contributed by atoms with Crippen molar-refractivity contribution < 1.29 is 27.6 Å². The van der Waals surface area contributed by atoms with Crippen molar-refractivity contribution in [2.45, 2.75) is 25.1 Å². The maximum atomic E-state index is 12.8. The number of likely N-dealkylation sites (tertiary alicyclic amines) is 1. The van der Waals surface area contributed by atoms with Crippen molar-refractivity contribution in [3.63, 3.8) is 0 Å². The van der Waals surface area contributed by atoms with Crippen molar-refractivity contribution in [1.29, 1.82) is 0 Å². The van der Waals surface area contributed by atoms with E-state index >= 15 is 0 Å². The summed E-state index contributed by atoms with van der Waals surface area (Å²) >= 11 is 0. The molecule has 2 amide bonds. The smallest absolute Gasteiger partial charge is 0.324 e. The summed E-state index contributed by atoms with van der Waals surface area (Å²) in [5, 5.41) is 2.52. The van der Waals surface area contributed by atoms with Crippen LogP contribution >= 0.6 is 0 Å². The van der Waals surface area contributed by atoms with Crippen molar-refractivity contribution in [2.75, 3.05) is 11.9 Å². The number of nitrogens with one attached hydrogen (secondary N) is 1. The number of anilines is 1. The standard InChI is InChI=1S/C20H17F3N2O3/c21-20(22,23)19(28)25-12-6-11-16(25)18(27)24-15-10-5-4-9-14(15)17(26)13-7-2-1-3-8-13/h1-5,7-10,16H,6,11-12H2,(H,24,27). The number of rotatable bonds is 4. The lowest BCUT2D eigenvalue weighted by molar-refractivity contribution is -0.186. The maximum Gasteiger partial charge on any atom is 0.471 e. The zero-order valence-corrected chi connectivity index (χ0v) is 14.7. The fraction of sp³-hybridized carbons (Fsp3) is 0.250. The first-order valence-corrected chi connectivity index (χ1v) is 8.66. The van der Waals surface area contributed by atoms with Gasteiger partial charge in [0.05, 0.1) is 5.69 Å². The average Bonchev–Trinajstić information content (AvgIpc) is 3.17. The van der Waals surface area contributed by atoms with Gasteiger partial charge in [0.15, 0.2) is 5.78 Å². The van der Waals surface area contributed by atoms with Gasteiger partial charge in [0.2, 0.25) is 5.91 Å². The van der Waals surface area contributed by atoms with E-state index in [9.17, 15) is 27.6 Å². The quantitative estimate of drug-likeness (QED) is 0.814. The lowest BCUT2D eigenvalue weighted by atomic mass is 10.0. The minimum atomic E-state index is -5.04. The highest BCUT2D eigenvalue weighted by Gasteiger charge is 2.47. The second-order valence-corrected chi connectivity index (χ2v) is 6.38. The first-order valence-electron chi connectivity index (χ1n) is 8.66. The number of nitrogens with zero attached hydrogens (tertiary/aromatic N) is 1. The predicted molar refractivity (Wildman–Crippen MR) is 95.7 cm³/mol. The van der Waals surface area contributed by atoms with E-state index in [1.807, 2.05) is 0 Å². The molecule has 1 heterocycles. The molecule has 0 bridgehead atoms. The van der Waals surface area contributed by atoms with E-state index in [0.717, 1.165) is 0 Å². The van der Waals surface area contributed by atoms with Crippen molar-refractivity contribution in [2.24, 2.45) is 0 Å². The van der Waals surface area contributed by atoms with Crippen LogP contribution in [-0.4, -0.2) is 41.3 Å². The van der Waals surface area contributed by atoms with Gasteiger partial charge in [-0.05, 0) is 25.0 Å². The molecule has 1 N–H and O–H groups in total. The van der Waals surface area contributed by atoms with E-state index in [4.69, 9.17) is 0 Å². The summed E-state index contributed by atoms with van der Waals surface area (Å²) in [6, 6.07) is 13.4. The van der Waals surface area contributed by atoms with Crippen molar-refractivity contribution in [3.05, 3.63) is 65.7 Å². The first kappa shape index (κ1) is 19.6. The van der Waals surface area contributed by atoms with Crippen LogP contribution < -0.4 is 5.32 Å². The molecule has 3 rings (SSSR count). The highest BCUT2D eigenvalue weighted by Crippen LogP contribution is 2.27. The van der Waals surface area contributed by atoms with E-state index in [0.29, 0.717) is 16.9 Å². The molecular weight excluding hydrogens is 373 g/mol. The third kappa shape index (κ3) is 4.05. The van der Waals surface area contributed by atoms with Crippen LogP contribution in [0.15, 0.2) is 54.6 Å². The molecule has 8 heteroatoms. The lowest BCUT2D eigenvalue weighted by Gasteiger charge is -2.25. The molecule has 5 nitrogen and oxygen atoms in total. The Morgan fingerprint density at radius 2 is 1.61 bits per heavy atom. The fourth-order valence-corrected chi connectivity index (χ4v) is 3.20. The zero-order valence-electron chi connectivity index (χ0n) is 14.7. The Bertz CT molecular complexity index is 897. The SMILES string of the molecule is O=C(c1ccccc1)c1ccccc1NC(=O)C1CCCN1C(=O)C(F)(F)F. The molecule has 0 saturated carbocycles. The molecule has 0 aromatic heterocycles. The summed E-state index contributed by atoms with van der Waals surface area (Å²) in [6.45, 7) is -0.138. The minimum Gasteiger partial charge on any atom is -0.324 e. The van der Waals surface area contributed by atoms with Crippen LogP contribution in [0.2, 0.25) is 0 Å². The molecule has 2 aromatic rings. The van der Waals surface area contributed by atoms with Crippen molar-refractivity contribution in [3.8, 4) is 0 Å². The van der Waals surface area contributed by atoms with Crippen LogP contribution in [0.1, 0.15) is 28.8 Å². The van der Waals surface area contributed by atoms with Crippen molar-refractivity contribution in [1.82, 2.24) is 4.90 Å². The third-order valence-corrected chi connectivity index (χ3v) is 4.52. The van der Waals surface area contributed by atoms with Gasteiger partial charge in [-0.1, -0.05) is 42.5 Å². The number of ketones is 1. The van der Waals surface area contributed by atoms with Gasteiger partial charge in [-0.25, -0.2) is 0 Å². The van der Waals surface area contributed by atoms with Crippen LogP contribution in [0, 0.1) is 0 Å². The van der Waals surface area contributed by atoms with E-state index in [2.05, 4.69) is 5.32 Å². The Hall–Kier alpha value is -3.16. The Morgan fingerprint density at radius 3 is 2.29 bits per heavy atom. The summed E-state index contributed by atoms with van der Waals surface area (Å²) in [7, 11) is 0. The predicted octanol–water partition coefficient (Wildman–Crippen LogP) is 3.41. The number of carbonyl (C=O) groups excluding carboxylic acids is 3. The first-order chi connectivity index (χ1) is 13.3. The third-order valence-electron chi connectivity index (χ3n) is 4.52. The second-order valence-electron chi connectivity index (χ2n) is 6.38. The van der Waals surface area contributed by atoms with Gasteiger partial charge >= 0.3 is 12.1 Å². The van der Waals surface area contributed by atoms with E-state index < -0.39 is 24.0 Å². The maximum absolute atomic E-state index is 12.8. The van der Waals surface area contributed by atoms with Gasteiger partial charge in [0.25, 0.3) is 0 Å². The molecule has 1 fully saturated rings. The molecule has 28 heavy (non-hydrogen) atoms. The van der Waals surface area contributed by atoms with E-state index in [-0.39, 0.29) is 30.0 Å². The Labute approximate surface area is 159 Å². The number of hydrogen-bond acceptors (Lipinski definition) is 3. The number of carbonyl (C=O) groups is 3. The minimum absolute atomic E-state index is 0.127. The topological polar surface area (TPSA) is 66.5 Å².